The Kier molecular flexibility index (Phi) is 3.91. The maximum absolute atomic E-state index is 12.2. The summed E-state index contributed by atoms with van der Waals surface area (Å²) in [4.78, 5) is 13.8. The quantitative estimate of drug-likeness (QED) is 0.826. The number of hydrogen-bond donors (Lipinski definition) is 1. The van der Waals surface area contributed by atoms with E-state index in [4.69, 9.17) is 0 Å². The molecule has 0 saturated carbocycles. The van der Waals surface area contributed by atoms with Crippen molar-refractivity contribution < 1.29 is 13.2 Å². The number of nitrogens with one attached hydrogen (secondary N) is 1. The smallest absolute Gasteiger partial charge is 0.274 e. The van der Waals surface area contributed by atoms with E-state index in [0.29, 0.717) is 31.9 Å². The molecule has 0 bridgehead atoms. The van der Waals surface area contributed by atoms with Gasteiger partial charge < -0.3 is 4.90 Å². The van der Waals surface area contributed by atoms with E-state index in [9.17, 15) is 13.2 Å². The Bertz CT molecular complexity index is 558. The molecule has 2 rings (SSSR count). The highest BCUT2D eigenvalue weighted by Gasteiger charge is 2.27. The molecule has 0 spiro atoms. The van der Waals surface area contributed by atoms with Gasteiger partial charge in [-0.3, -0.25) is 9.89 Å². The number of hydrogen-bond acceptors (Lipinski definition) is 4. The van der Waals surface area contributed by atoms with Gasteiger partial charge in [0, 0.05) is 31.9 Å². The van der Waals surface area contributed by atoms with E-state index in [-0.39, 0.29) is 5.91 Å². The second-order valence-corrected chi connectivity index (χ2v) is 6.57. The molecule has 0 aromatic carbocycles. The largest absolute Gasteiger partial charge is 0.335 e. The normalized spacial score (nSPS) is 17.7. The van der Waals surface area contributed by atoms with Crippen LogP contribution in [0.1, 0.15) is 23.1 Å². The summed E-state index contributed by atoms with van der Waals surface area (Å²) in [7, 11) is -3.17. The van der Waals surface area contributed by atoms with Gasteiger partial charge in [0.15, 0.2) is 0 Å². The van der Waals surface area contributed by atoms with Crippen LogP contribution < -0.4 is 0 Å². The van der Waals surface area contributed by atoms with E-state index in [0.717, 1.165) is 12.1 Å². The molecule has 1 aliphatic heterocycles. The Morgan fingerprint density at radius 2 is 2.00 bits per heavy atom. The van der Waals surface area contributed by atoms with Crippen molar-refractivity contribution in [3.05, 3.63) is 17.5 Å². The molecule has 7 nitrogen and oxygen atoms in total. The Morgan fingerprint density at radius 3 is 2.47 bits per heavy atom. The standard InChI is InChI=1S/C11H18N4O3S/c1-3-9-8-10(13-12-9)11(16)14-4-6-15(7-5-14)19(2,17)18/h8H,3-7H2,1-2H3,(H,12,13). The molecule has 2 heterocycles. The van der Waals surface area contributed by atoms with Gasteiger partial charge >= 0.3 is 0 Å². The average Bonchev–Trinajstić information content (AvgIpc) is 2.86. The number of sulfonamides is 1. The van der Waals surface area contributed by atoms with E-state index < -0.39 is 10.0 Å². The number of amides is 1. The molecular weight excluding hydrogens is 268 g/mol. The van der Waals surface area contributed by atoms with Crippen molar-refractivity contribution in [3.63, 3.8) is 0 Å². The molecule has 0 radical (unpaired) electrons. The van der Waals surface area contributed by atoms with Crippen LogP contribution in [0.4, 0.5) is 0 Å². The maximum Gasteiger partial charge on any atom is 0.274 e. The first-order chi connectivity index (χ1) is 8.91. The Morgan fingerprint density at radius 1 is 1.37 bits per heavy atom. The summed E-state index contributed by atoms with van der Waals surface area (Å²) in [6, 6.07) is 1.74. The minimum absolute atomic E-state index is 0.149. The molecule has 1 amide bonds. The Hall–Kier alpha value is -1.41. The summed E-state index contributed by atoms with van der Waals surface area (Å²) in [5.74, 6) is -0.149. The lowest BCUT2D eigenvalue weighted by atomic mass is 10.2. The fourth-order valence-electron chi connectivity index (χ4n) is 2.04. The monoisotopic (exact) mass is 286 g/mol. The van der Waals surface area contributed by atoms with Gasteiger partial charge in [0.25, 0.3) is 5.91 Å². The third kappa shape index (κ3) is 3.13. The van der Waals surface area contributed by atoms with Crippen molar-refractivity contribution >= 4 is 15.9 Å². The van der Waals surface area contributed by atoms with Crippen LogP contribution in [0.3, 0.4) is 0 Å². The van der Waals surface area contributed by atoms with Crippen molar-refractivity contribution in [3.8, 4) is 0 Å². The van der Waals surface area contributed by atoms with E-state index in [1.807, 2.05) is 6.92 Å². The first-order valence-electron chi connectivity index (χ1n) is 6.20. The number of aromatic nitrogens is 2. The van der Waals surface area contributed by atoms with Crippen LogP contribution in [0.15, 0.2) is 6.07 Å². The Labute approximate surface area is 112 Å². The number of rotatable bonds is 3. The van der Waals surface area contributed by atoms with Gasteiger partial charge in [-0.25, -0.2) is 8.42 Å². The van der Waals surface area contributed by atoms with E-state index >= 15 is 0 Å². The zero-order chi connectivity index (χ0) is 14.0. The van der Waals surface area contributed by atoms with E-state index in [1.54, 1.807) is 11.0 Å². The van der Waals surface area contributed by atoms with Crippen LogP contribution in [0.2, 0.25) is 0 Å². The van der Waals surface area contributed by atoms with Crippen molar-refractivity contribution in [1.82, 2.24) is 19.4 Å². The second-order valence-electron chi connectivity index (χ2n) is 4.59. The van der Waals surface area contributed by atoms with E-state index in [1.165, 1.54) is 10.6 Å². The lowest BCUT2D eigenvalue weighted by Crippen LogP contribution is -2.50. The van der Waals surface area contributed by atoms with Gasteiger partial charge in [-0.15, -0.1) is 0 Å². The molecule has 106 valence electrons. The number of piperazine rings is 1. The van der Waals surface area contributed by atoms with Crippen molar-refractivity contribution in [1.29, 1.82) is 0 Å². The topological polar surface area (TPSA) is 86.4 Å². The zero-order valence-corrected chi connectivity index (χ0v) is 11.9. The predicted molar refractivity (Wildman–Crippen MR) is 70.3 cm³/mol. The summed E-state index contributed by atoms with van der Waals surface area (Å²) in [5.41, 5.74) is 1.31. The minimum atomic E-state index is -3.17. The second kappa shape index (κ2) is 5.30. The molecule has 1 aromatic heterocycles. The number of carbonyl (C=O) groups excluding carboxylic acids is 1. The van der Waals surface area contributed by atoms with Crippen LogP contribution in [0.5, 0.6) is 0 Å². The summed E-state index contributed by atoms with van der Waals surface area (Å²) in [6.07, 6.45) is 1.98. The van der Waals surface area contributed by atoms with Crippen molar-refractivity contribution in [2.75, 3.05) is 32.4 Å². The molecule has 19 heavy (non-hydrogen) atoms. The average molecular weight is 286 g/mol. The summed E-state index contributed by atoms with van der Waals surface area (Å²) in [6.45, 7) is 3.47. The lowest BCUT2D eigenvalue weighted by Gasteiger charge is -2.32. The third-order valence-corrected chi connectivity index (χ3v) is 4.53. The number of carbonyl (C=O) groups is 1. The van der Waals surface area contributed by atoms with Gasteiger partial charge in [-0.05, 0) is 12.5 Å². The third-order valence-electron chi connectivity index (χ3n) is 3.23. The van der Waals surface area contributed by atoms with E-state index in [2.05, 4.69) is 10.2 Å². The molecule has 1 saturated heterocycles. The van der Waals surface area contributed by atoms with Crippen LogP contribution in [-0.4, -0.2) is 66.2 Å². The highest BCUT2D eigenvalue weighted by Crippen LogP contribution is 2.10. The highest BCUT2D eigenvalue weighted by molar-refractivity contribution is 7.88. The first-order valence-corrected chi connectivity index (χ1v) is 8.05. The van der Waals surface area contributed by atoms with Crippen molar-refractivity contribution in [2.45, 2.75) is 13.3 Å². The van der Waals surface area contributed by atoms with Crippen LogP contribution >= 0.6 is 0 Å². The molecule has 1 fully saturated rings. The fraction of sp³-hybridized carbons (Fsp3) is 0.636. The van der Waals surface area contributed by atoms with Gasteiger partial charge in [-0.2, -0.15) is 9.40 Å². The molecule has 8 heteroatoms. The number of aromatic amines is 1. The maximum atomic E-state index is 12.2. The van der Waals surface area contributed by atoms with Crippen LogP contribution in [0.25, 0.3) is 0 Å². The van der Waals surface area contributed by atoms with Crippen LogP contribution in [0, 0.1) is 0 Å². The first kappa shape index (κ1) is 14.0. The molecule has 0 atom stereocenters. The molecule has 0 aliphatic carbocycles. The van der Waals surface area contributed by atoms with Gasteiger partial charge in [0.1, 0.15) is 5.69 Å². The summed E-state index contributed by atoms with van der Waals surface area (Å²) >= 11 is 0. The number of aryl methyl sites for hydroxylation is 1. The lowest BCUT2D eigenvalue weighted by molar-refractivity contribution is 0.0692. The van der Waals surface area contributed by atoms with Crippen molar-refractivity contribution in [2.24, 2.45) is 0 Å². The predicted octanol–water partition coefficient (Wildman–Crippen LogP) is -0.310. The summed E-state index contributed by atoms with van der Waals surface area (Å²) in [5, 5.41) is 6.79. The fourth-order valence-corrected chi connectivity index (χ4v) is 2.86. The summed E-state index contributed by atoms with van der Waals surface area (Å²) < 4.78 is 24.1. The highest BCUT2D eigenvalue weighted by atomic mass is 32.2. The number of nitrogens with zero attached hydrogens (tertiary/aromatic N) is 3. The molecule has 1 aromatic rings. The van der Waals surface area contributed by atoms with Gasteiger partial charge in [-0.1, -0.05) is 6.92 Å². The molecule has 1 aliphatic rings. The molecule has 0 unspecified atom stereocenters. The van der Waals surface area contributed by atoms with Gasteiger partial charge in [0.2, 0.25) is 10.0 Å². The molecular formula is C11H18N4O3S. The SMILES string of the molecule is CCc1cc(C(=O)N2CCN(S(C)(=O)=O)CC2)n[nH]1. The zero-order valence-electron chi connectivity index (χ0n) is 11.1. The van der Waals surface area contributed by atoms with Crippen LogP contribution in [-0.2, 0) is 16.4 Å². The number of H-pyrrole nitrogens is 1. The molecule has 1 N–H and O–H groups in total. The minimum Gasteiger partial charge on any atom is -0.335 e. The Balaban J connectivity index is 1.99. The van der Waals surface area contributed by atoms with Gasteiger partial charge in [0.05, 0.1) is 6.26 Å².